The molecular formula is C120H78N6. The first-order valence-electron chi connectivity index (χ1n) is 43.2. The molecule has 1 aliphatic carbocycles. The molecule has 6 nitrogen and oxygen atoms in total. The first-order chi connectivity index (χ1) is 62.2. The summed E-state index contributed by atoms with van der Waals surface area (Å²) < 4.78 is 2.27. The Bertz CT molecular complexity index is 8720. The lowest BCUT2D eigenvalue weighted by Crippen LogP contribution is -2.14. The van der Waals surface area contributed by atoms with E-state index in [9.17, 15) is 0 Å². The number of hydrogen-bond acceptors (Lipinski definition) is 5. The Morgan fingerprint density at radius 1 is 0.214 bits per heavy atom. The third-order valence-electron chi connectivity index (χ3n) is 26.1. The fourth-order valence-corrected chi connectivity index (χ4v) is 20.1. The highest BCUT2D eigenvalue weighted by molar-refractivity contribution is 6.26. The van der Waals surface area contributed by atoms with Crippen LogP contribution in [0.5, 0.6) is 0 Å². The van der Waals surface area contributed by atoms with Gasteiger partial charge < -0.3 is 0 Å². The number of para-hydroxylation sites is 3. The molecule has 0 bridgehead atoms. The zero-order valence-electron chi connectivity index (χ0n) is 69.3. The topological polar surface area (TPSA) is 69.4 Å². The summed E-state index contributed by atoms with van der Waals surface area (Å²) in [4.78, 5) is 24.5. The Morgan fingerprint density at radius 2 is 0.627 bits per heavy atom. The van der Waals surface area contributed by atoms with E-state index in [2.05, 4.69) is 423 Å². The van der Waals surface area contributed by atoms with Gasteiger partial charge in [-0.3, -0.25) is 14.5 Å². The normalized spacial score (nSPS) is 12.3. The van der Waals surface area contributed by atoms with Gasteiger partial charge in [-0.05, 0) is 245 Å². The van der Waals surface area contributed by atoms with Gasteiger partial charge in [0, 0.05) is 67.1 Å². The number of aromatic nitrogens is 6. The number of imidazole rings is 1. The second-order valence-electron chi connectivity index (χ2n) is 33.6. The average Bonchev–Trinajstić information content (AvgIpc) is 1.52. The molecule has 0 spiro atoms. The SMILES string of the molecule is CC1(C)c2ccccc2-c2cc3c(-c4ccc(-c5nc6ccccc6n5-c5ccccc5)cc4)c4ccccc4c(-c4ccc5ccccc5c4)c3cc21.c1ccc(-c2ccc3c4cccnc4c4ncccc4c3n2)cc1.c1ccc2cc(-c3c4ccccc4c(-c4ccc5ccccc5c4)c4cc(-c5ccc6ccc7ccccc7c6n5)ccc34)ccc2c1. The Hall–Kier alpha value is -16.4. The molecule has 588 valence electrons. The van der Waals surface area contributed by atoms with E-state index in [-0.39, 0.29) is 5.41 Å². The average molecular weight is 1600 g/mol. The summed E-state index contributed by atoms with van der Waals surface area (Å²) in [5.41, 5.74) is 27.5. The third kappa shape index (κ3) is 12.4. The summed E-state index contributed by atoms with van der Waals surface area (Å²) in [6.07, 6.45) is 3.62. The van der Waals surface area contributed by atoms with Crippen LogP contribution in [-0.2, 0) is 5.41 Å². The number of fused-ring (bicyclic) bond motifs is 20. The van der Waals surface area contributed by atoms with Crippen LogP contribution in [0, 0.1) is 0 Å². The van der Waals surface area contributed by atoms with Crippen molar-refractivity contribution in [2.75, 3.05) is 0 Å². The van der Waals surface area contributed by atoms with Gasteiger partial charge in [0.25, 0.3) is 0 Å². The van der Waals surface area contributed by atoms with E-state index in [1.807, 2.05) is 42.7 Å². The van der Waals surface area contributed by atoms with Crippen LogP contribution in [0.3, 0.4) is 0 Å². The van der Waals surface area contributed by atoms with Crippen LogP contribution in [0.15, 0.2) is 437 Å². The highest BCUT2D eigenvalue weighted by Crippen LogP contribution is 2.55. The number of rotatable bonds is 8. The van der Waals surface area contributed by atoms with Crippen molar-refractivity contribution < 1.29 is 0 Å². The lowest BCUT2D eigenvalue weighted by molar-refractivity contribution is 0.661. The van der Waals surface area contributed by atoms with Crippen molar-refractivity contribution in [3.05, 3.63) is 448 Å². The molecule has 0 amide bonds. The van der Waals surface area contributed by atoms with E-state index in [0.717, 1.165) is 94.2 Å². The molecule has 0 N–H and O–H groups in total. The van der Waals surface area contributed by atoms with Crippen molar-refractivity contribution in [1.82, 2.24) is 29.5 Å². The van der Waals surface area contributed by atoms with Crippen LogP contribution in [0.2, 0.25) is 0 Å². The minimum Gasteiger partial charge on any atom is -0.292 e. The fraction of sp³-hybridized carbons (Fsp3) is 0.0250. The predicted molar refractivity (Wildman–Crippen MR) is 531 cm³/mol. The van der Waals surface area contributed by atoms with Crippen molar-refractivity contribution in [3.63, 3.8) is 0 Å². The van der Waals surface area contributed by atoms with E-state index in [1.54, 1.807) is 0 Å². The van der Waals surface area contributed by atoms with Gasteiger partial charge in [0.2, 0.25) is 0 Å². The molecular weight excluding hydrogens is 1530 g/mol. The van der Waals surface area contributed by atoms with Gasteiger partial charge in [0.15, 0.2) is 0 Å². The molecule has 0 saturated heterocycles. The molecule has 5 heterocycles. The largest absolute Gasteiger partial charge is 0.292 e. The summed E-state index contributed by atoms with van der Waals surface area (Å²) in [6, 6.07) is 153. The van der Waals surface area contributed by atoms with Crippen molar-refractivity contribution in [3.8, 4) is 95.2 Å². The van der Waals surface area contributed by atoms with E-state index >= 15 is 0 Å². The zero-order valence-corrected chi connectivity index (χ0v) is 69.3. The monoisotopic (exact) mass is 1600 g/mol. The van der Waals surface area contributed by atoms with Crippen molar-refractivity contribution in [2.45, 2.75) is 19.3 Å². The van der Waals surface area contributed by atoms with E-state index in [0.29, 0.717) is 0 Å². The first-order valence-corrected chi connectivity index (χ1v) is 43.2. The molecule has 0 atom stereocenters. The molecule has 5 aromatic heterocycles. The summed E-state index contributed by atoms with van der Waals surface area (Å²) in [7, 11) is 0. The number of benzene rings is 20. The highest BCUT2D eigenvalue weighted by atomic mass is 15.1. The maximum Gasteiger partial charge on any atom is 0.145 e. The molecule has 0 fully saturated rings. The highest BCUT2D eigenvalue weighted by Gasteiger charge is 2.37. The fourth-order valence-electron chi connectivity index (χ4n) is 20.1. The lowest BCUT2D eigenvalue weighted by atomic mass is 9.79. The Morgan fingerprint density at radius 3 is 1.27 bits per heavy atom. The van der Waals surface area contributed by atoms with Crippen LogP contribution < -0.4 is 0 Å². The van der Waals surface area contributed by atoms with Gasteiger partial charge in [-0.1, -0.05) is 341 Å². The predicted octanol–water partition coefficient (Wildman–Crippen LogP) is 31.8. The van der Waals surface area contributed by atoms with E-state index in [1.165, 1.54) is 153 Å². The van der Waals surface area contributed by atoms with Crippen LogP contribution in [0.4, 0.5) is 0 Å². The molecule has 0 aliphatic heterocycles. The van der Waals surface area contributed by atoms with Gasteiger partial charge in [0.1, 0.15) is 5.82 Å². The van der Waals surface area contributed by atoms with Crippen molar-refractivity contribution >= 4 is 141 Å². The Kier molecular flexibility index (Phi) is 17.5. The second-order valence-corrected chi connectivity index (χ2v) is 33.6. The van der Waals surface area contributed by atoms with Crippen molar-refractivity contribution in [2.24, 2.45) is 0 Å². The minimum atomic E-state index is -0.113. The third-order valence-corrected chi connectivity index (χ3v) is 26.1. The zero-order chi connectivity index (χ0) is 83.5. The summed E-state index contributed by atoms with van der Waals surface area (Å²) >= 11 is 0. The maximum atomic E-state index is 5.30. The van der Waals surface area contributed by atoms with Crippen LogP contribution in [0.25, 0.3) is 236 Å². The van der Waals surface area contributed by atoms with Crippen molar-refractivity contribution in [1.29, 1.82) is 0 Å². The Balaban J connectivity index is 0.000000113. The standard InChI is InChI=1S/C52H36N2.C47H29N.C21H13N3/c1-52(2)45-21-11-10-18-39(45)42-31-43-44(32-46(42)52)50(37-29-24-33-14-6-7-15-36(33)30-37)41-20-9-8-19-40(41)49(43)34-25-27-35(28-26-34)51-53-47-22-12-13-23-48(47)54(51)38-16-4-3-5-17-38;1-3-12-34-27-37(21-17-30(34)9-1)45-40-15-7-8-16-41(40)46(38-22-18-31-10-2-4-13-35(31)28-38)43-29-36(23-25-42(43)45)44-26-24-33-20-19-32-11-5-6-14-39(32)47(33)48-44;1-2-6-14(7-3-1)18-11-10-16-15-8-4-12-22-20(15)21-17(19(16)24-18)9-5-13-23-21/h3-32H,1-2H3;1-29H;1-13H. The first kappa shape index (κ1) is 73.5. The molecule has 26 rings (SSSR count). The van der Waals surface area contributed by atoms with Gasteiger partial charge in [-0.25, -0.2) is 15.0 Å². The van der Waals surface area contributed by atoms with E-state index < -0.39 is 0 Å². The molecule has 0 unspecified atom stereocenters. The van der Waals surface area contributed by atoms with Gasteiger partial charge in [-0.15, -0.1) is 0 Å². The number of nitrogens with zero attached hydrogens (tertiary/aromatic N) is 6. The maximum absolute atomic E-state index is 5.30. The Labute approximate surface area is 728 Å². The van der Waals surface area contributed by atoms with E-state index in [4.69, 9.17) is 15.0 Å². The molecule has 20 aromatic carbocycles. The van der Waals surface area contributed by atoms with Crippen LogP contribution in [0.1, 0.15) is 25.0 Å². The van der Waals surface area contributed by atoms with Gasteiger partial charge in [0.05, 0.1) is 44.5 Å². The number of hydrogen-bond donors (Lipinski definition) is 0. The second kappa shape index (κ2) is 30.0. The van der Waals surface area contributed by atoms with Crippen LogP contribution in [-0.4, -0.2) is 29.5 Å². The molecule has 0 radical (unpaired) electrons. The van der Waals surface area contributed by atoms with Gasteiger partial charge >= 0.3 is 0 Å². The smallest absolute Gasteiger partial charge is 0.145 e. The number of pyridine rings is 4. The quantitative estimate of drug-likeness (QED) is 0.112. The lowest BCUT2D eigenvalue weighted by Gasteiger charge is -2.24. The van der Waals surface area contributed by atoms with Crippen LogP contribution >= 0.6 is 0 Å². The summed E-state index contributed by atoms with van der Waals surface area (Å²) in [6.45, 7) is 4.76. The molecule has 25 aromatic rings. The molecule has 6 heteroatoms. The van der Waals surface area contributed by atoms with Gasteiger partial charge in [-0.2, -0.15) is 0 Å². The molecule has 1 aliphatic rings. The minimum absolute atomic E-state index is 0.113. The summed E-state index contributed by atoms with van der Waals surface area (Å²) in [5, 5.41) is 24.3. The molecule has 0 saturated carbocycles. The summed E-state index contributed by atoms with van der Waals surface area (Å²) in [5.74, 6) is 0.937. The molecule has 126 heavy (non-hydrogen) atoms.